The van der Waals surface area contributed by atoms with E-state index in [0.717, 1.165) is 6.29 Å². The van der Waals surface area contributed by atoms with Crippen molar-refractivity contribution in [1.82, 2.24) is 14.6 Å². The van der Waals surface area contributed by atoms with E-state index in [-0.39, 0.29) is 17.4 Å². The van der Waals surface area contributed by atoms with Crippen molar-refractivity contribution in [2.24, 2.45) is 0 Å². The fourth-order valence-corrected chi connectivity index (χ4v) is 3.80. The van der Waals surface area contributed by atoms with Crippen molar-refractivity contribution in [3.8, 4) is 0 Å². The van der Waals surface area contributed by atoms with Crippen molar-refractivity contribution in [2.75, 3.05) is 11.5 Å². The van der Waals surface area contributed by atoms with Gasteiger partial charge in [0.15, 0.2) is 17.8 Å². The van der Waals surface area contributed by atoms with Gasteiger partial charge in [-0.25, -0.2) is 17.9 Å². The molecule has 2 aromatic heterocycles. The van der Waals surface area contributed by atoms with E-state index >= 15 is 0 Å². The second kappa shape index (κ2) is 4.41. The highest BCUT2D eigenvalue weighted by atomic mass is 32.2. The van der Waals surface area contributed by atoms with Gasteiger partial charge in [-0.3, -0.25) is 4.79 Å². The summed E-state index contributed by atoms with van der Waals surface area (Å²) in [6.45, 7) is 0. The molecule has 0 aliphatic carbocycles. The summed E-state index contributed by atoms with van der Waals surface area (Å²) in [6, 6.07) is 3.42. The Hall–Kier alpha value is -1.76. The minimum absolute atomic E-state index is 0.0862. The number of hydrogen-bond acceptors (Lipinski definition) is 5. The van der Waals surface area contributed by atoms with Gasteiger partial charge in [0, 0.05) is 17.7 Å². The number of nitrogens with zero attached hydrogens (tertiary/aromatic N) is 3. The molecule has 0 unspecified atom stereocenters. The Morgan fingerprint density at radius 1 is 1.26 bits per heavy atom. The Labute approximate surface area is 110 Å². The smallest absolute Gasteiger partial charge is 0.155 e. The Bertz CT molecular complexity index is 722. The van der Waals surface area contributed by atoms with Gasteiger partial charge in [0.1, 0.15) is 9.84 Å². The van der Waals surface area contributed by atoms with Crippen LogP contribution in [0.25, 0.3) is 5.65 Å². The van der Waals surface area contributed by atoms with E-state index < -0.39 is 9.84 Å². The van der Waals surface area contributed by atoms with Gasteiger partial charge >= 0.3 is 0 Å². The Kier molecular flexibility index (Phi) is 2.85. The molecule has 0 bridgehead atoms. The van der Waals surface area contributed by atoms with Gasteiger partial charge < -0.3 is 0 Å². The Morgan fingerprint density at radius 2 is 2.00 bits per heavy atom. The lowest BCUT2D eigenvalue weighted by molar-refractivity contribution is 0.112. The van der Waals surface area contributed by atoms with E-state index in [1.54, 1.807) is 22.8 Å². The summed E-state index contributed by atoms with van der Waals surface area (Å²) in [5.41, 5.74) is 1.21. The fourth-order valence-electron chi connectivity index (χ4n) is 2.31. The number of hydrogen-bond donors (Lipinski definition) is 0. The summed E-state index contributed by atoms with van der Waals surface area (Å²) in [4.78, 5) is 15.1. The van der Waals surface area contributed by atoms with Crippen LogP contribution in [0.5, 0.6) is 0 Å². The lowest BCUT2D eigenvalue weighted by Crippen LogP contribution is -2.22. The van der Waals surface area contributed by atoms with Crippen molar-refractivity contribution in [1.29, 1.82) is 0 Å². The molecule has 0 atom stereocenters. The van der Waals surface area contributed by atoms with Crippen molar-refractivity contribution >= 4 is 21.8 Å². The van der Waals surface area contributed by atoms with Crippen LogP contribution in [0.15, 0.2) is 18.3 Å². The van der Waals surface area contributed by atoms with Crippen LogP contribution in [0.4, 0.5) is 0 Å². The number of sulfone groups is 1. The van der Waals surface area contributed by atoms with Crippen LogP contribution in [0.1, 0.15) is 34.9 Å². The molecule has 1 aliphatic rings. The summed E-state index contributed by atoms with van der Waals surface area (Å²) in [6.07, 6.45) is 3.52. The van der Waals surface area contributed by atoms with Crippen LogP contribution in [0.2, 0.25) is 0 Å². The van der Waals surface area contributed by atoms with E-state index in [1.807, 2.05) is 0 Å². The molecule has 6 nitrogen and oxygen atoms in total. The standard InChI is InChI=1S/C12H13N3O3S/c16-8-9-1-2-11-13-12(14-15(11)7-9)10-3-5-19(17,18)6-4-10/h1-2,7-8,10H,3-6H2. The molecule has 100 valence electrons. The van der Waals surface area contributed by atoms with E-state index in [4.69, 9.17) is 0 Å². The van der Waals surface area contributed by atoms with Gasteiger partial charge in [0.05, 0.1) is 11.5 Å². The topological polar surface area (TPSA) is 81.4 Å². The number of carbonyl (C=O) groups is 1. The zero-order chi connectivity index (χ0) is 13.5. The van der Waals surface area contributed by atoms with Crippen LogP contribution in [0.3, 0.4) is 0 Å². The lowest BCUT2D eigenvalue weighted by Gasteiger charge is -2.18. The largest absolute Gasteiger partial charge is 0.298 e. The minimum Gasteiger partial charge on any atom is -0.298 e. The molecule has 1 aliphatic heterocycles. The van der Waals surface area contributed by atoms with E-state index in [2.05, 4.69) is 10.1 Å². The average Bonchev–Trinajstić information content (AvgIpc) is 2.81. The quantitative estimate of drug-likeness (QED) is 0.761. The zero-order valence-corrected chi connectivity index (χ0v) is 11.0. The van der Waals surface area contributed by atoms with E-state index in [1.165, 1.54) is 0 Å². The van der Waals surface area contributed by atoms with Crippen molar-refractivity contribution < 1.29 is 13.2 Å². The number of fused-ring (bicyclic) bond motifs is 1. The average molecular weight is 279 g/mol. The normalized spacial score (nSPS) is 19.6. The molecule has 0 N–H and O–H groups in total. The van der Waals surface area contributed by atoms with Crippen LogP contribution < -0.4 is 0 Å². The van der Waals surface area contributed by atoms with Gasteiger partial charge in [-0.15, -0.1) is 0 Å². The summed E-state index contributed by atoms with van der Waals surface area (Å²) >= 11 is 0. The third-order valence-corrected chi connectivity index (χ3v) is 5.14. The molecular formula is C12H13N3O3S. The van der Waals surface area contributed by atoms with Crippen molar-refractivity contribution in [3.63, 3.8) is 0 Å². The first-order valence-corrected chi connectivity index (χ1v) is 7.91. The predicted octanol–water partition coefficient (Wildman–Crippen LogP) is 0.834. The number of aldehydes is 1. The zero-order valence-electron chi connectivity index (χ0n) is 10.2. The van der Waals surface area contributed by atoms with Gasteiger partial charge in [-0.05, 0) is 25.0 Å². The molecule has 1 saturated heterocycles. The number of rotatable bonds is 2. The van der Waals surface area contributed by atoms with Gasteiger partial charge in [-0.1, -0.05) is 0 Å². The first-order chi connectivity index (χ1) is 9.07. The maximum absolute atomic E-state index is 11.4. The van der Waals surface area contributed by atoms with Gasteiger partial charge in [0.2, 0.25) is 0 Å². The number of aromatic nitrogens is 3. The Balaban J connectivity index is 1.91. The SMILES string of the molecule is O=Cc1ccc2nc(C3CCS(=O)(=O)CC3)nn2c1. The van der Waals surface area contributed by atoms with Crippen molar-refractivity contribution in [2.45, 2.75) is 18.8 Å². The number of pyridine rings is 1. The first-order valence-electron chi connectivity index (χ1n) is 6.09. The molecule has 3 rings (SSSR count). The van der Waals surface area contributed by atoms with Crippen LogP contribution >= 0.6 is 0 Å². The summed E-state index contributed by atoms with van der Waals surface area (Å²) < 4.78 is 24.4. The second-order valence-electron chi connectivity index (χ2n) is 4.78. The molecule has 0 saturated carbocycles. The third kappa shape index (κ3) is 2.37. The minimum atomic E-state index is -2.87. The van der Waals surface area contributed by atoms with Gasteiger partial charge in [0.25, 0.3) is 0 Å². The van der Waals surface area contributed by atoms with Crippen LogP contribution in [-0.2, 0) is 9.84 Å². The lowest BCUT2D eigenvalue weighted by atomic mass is 10.0. The molecular weight excluding hydrogens is 266 g/mol. The third-order valence-electron chi connectivity index (χ3n) is 3.43. The van der Waals surface area contributed by atoms with Crippen molar-refractivity contribution in [3.05, 3.63) is 29.7 Å². The highest BCUT2D eigenvalue weighted by Gasteiger charge is 2.27. The molecule has 2 aromatic rings. The maximum atomic E-state index is 11.4. The molecule has 7 heteroatoms. The van der Waals surface area contributed by atoms with E-state index in [0.29, 0.717) is 29.9 Å². The number of carbonyl (C=O) groups excluding carboxylic acids is 1. The molecule has 0 radical (unpaired) electrons. The fraction of sp³-hybridized carbons (Fsp3) is 0.417. The molecule has 3 heterocycles. The monoisotopic (exact) mass is 279 g/mol. The summed E-state index contributed by atoms with van der Waals surface area (Å²) in [5, 5.41) is 4.34. The summed E-state index contributed by atoms with van der Waals surface area (Å²) in [7, 11) is -2.87. The molecule has 0 amide bonds. The maximum Gasteiger partial charge on any atom is 0.155 e. The molecule has 0 aromatic carbocycles. The highest BCUT2D eigenvalue weighted by Crippen LogP contribution is 2.27. The predicted molar refractivity (Wildman–Crippen MR) is 69.0 cm³/mol. The summed E-state index contributed by atoms with van der Waals surface area (Å²) in [5.74, 6) is 1.15. The Morgan fingerprint density at radius 3 is 2.68 bits per heavy atom. The first kappa shape index (κ1) is 12.3. The van der Waals surface area contributed by atoms with Gasteiger partial charge in [-0.2, -0.15) is 5.10 Å². The molecule has 0 spiro atoms. The van der Waals surface area contributed by atoms with Crippen LogP contribution in [-0.4, -0.2) is 40.8 Å². The molecule has 19 heavy (non-hydrogen) atoms. The van der Waals surface area contributed by atoms with E-state index in [9.17, 15) is 13.2 Å². The highest BCUT2D eigenvalue weighted by molar-refractivity contribution is 7.91. The second-order valence-corrected chi connectivity index (χ2v) is 7.08. The molecule has 1 fully saturated rings. The van der Waals surface area contributed by atoms with Crippen LogP contribution in [0, 0.1) is 0 Å².